The fourth-order valence-corrected chi connectivity index (χ4v) is 3.07. The van der Waals surface area contributed by atoms with Crippen LogP contribution < -0.4 is 10.6 Å². The normalized spacial score (nSPS) is 24.5. The van der Waals surface area contributed by atoms with Gasteiger partial charge in [0, 0.05) is 32.7 Å². The highest BCUT2D eigenvalue weighted by molar-refractivity contribution is 5.79. The molecule has 1 aromatic rings. The minimum absolute atomic E-state index is 0.0771. The van der Waals surface area contributed by atoms with Gasteiger partial charge in [0.1, 0.15) is 12.4 Å². The average Bonchev–Trinajstić information content (AvgIpc) is 3.20. The molecule has 0 aliphatic carbocycles. The molecule has 1 atom stereocenters. The van der Waals surface area contributed by atoms with Gasteiger partial charge in [-0.3, -0.25) is 0 Å². The van der Waals surface area contributed by atoms with Gasteiger partial charge in [0.05, 0.1) is 5.60 Å². The number of aryl methyl sites for hydroxylation is 1. The molecule has 0 saturated carbocycles. The maximum absolute atomic E-state index is 5.81. The van der Waals surface area contributed by atoms with Crippen LogP contribution in [0.25, 0.3) is 0 Å². The first-order valence-electron chi connectivity index (χ1n) is 8.27. The lowest BCUT2D eigenvalue weighted by molar-refractivity contribution is 0.0243. The Morgan fingerprint density at radius 2 is 2.27 bits per heavy atom. The van der Waals surface area contributed by atoms with Gasteiger partial charge in [-0.1, -0.05) is 0 Å². The van der Waals surface area contributed by atoms with Crippen molar-refractivity contribution in [3.63, 3.8) is 0 Å². The smallest absolute Gasteiger partial charge is 0.191 e. The summed E-state index contributed by atoms with van der Waals surface area (Å²) in [6.07, 6.45) is 4.43. The van der Waals surface area contributed by atoms with Crippen LogP contribution >= 0.6 is 0 Å². The number of aromatic nitrogens is 3. The first kappa shape index (κ1) is 15.3. The van der Waals surface area contributed by atoms with Crippen molar-refractivity contribution in [3.8, 4) is 0 Å². The van der Waals surface area contributed by atoms with E-state index in [0.29, 0.717) is 6.54 Å². The molecule has 0 radical (unpaired) electrons. The van der Waals surface area contributed by atoms with Crippen molar-refractivity contribution in [2.75, 3.05) is 19.7 Å². The Labute approximate surface area is 131 Å². The van der Waals surface area contributed by atoms with Gasteiger partial charge in [-0.15, -0.1) is 10.2 Å². The minimum atomic E-state index is -0.0771. The first-order chi connectivity index (χ1) is 10.7. The average molecular weight is 306 g/mol. The van der Waals surface area contributed by atoms with Crippen LogP contribution in [0.1, 0.15) is 44.8 Å². The van der Waals surface area contributed by atoms with E-state index < -0.39 is 0 Å². The lowest BCUT2D eigenvalue weighted by Crippen LogP contribution is -2.45. The van der Waals surface area contributed by atoms with E-state index in [9.17, 15) is 0 Å². The van der Waals surface area contributed by atoms with Crippen LogP contribution in [0.5, 0.6) is 0 Å². The fourth-order valence-electron chi connectivity index (χ4n) is 3.07. The van der Waals surface area contributed by atoms with Crippen molar-refractivity contribution in [2.24, 2.45) is 4.99 Å². The summed E-state index contributed by atoms with van der Waals surface area (Å²) in [7, 11) is 0. The summed E-state index contributed by atoms with van der Waals surface area (Å²) >= 11 is 0. The zero-order valence-electron chi connectivity index (χ0n) is 13.6. The highest BCUT2D eigenvalue weighted by Gasteiger charge is 2.29. The molecule has 2 N–H and O–H groups in total. The summed E-state index contributed by atoms with van der Waals surface area (Å²) in [6, 6.07) is 0. The monoisotopic (exact) mass is 306 g/mol. The van der Waals surface area contributed by atoms with Crippen LogP contribution in [0.2, 0.25) is 0 Å². The van der Waals surface area contributed by atoms with Gasteiger partial charge in [-0.05, 0) is 33.1 Å². The van der Waals surface area contributed by atoms with Gasteiger partial charge in [0.15, 0.2) is 11.8 Å². The minimum Gasteiger partial charge on any atom is -0.373 e. The molecule has 1 aromatic heterocycles. The van der Waals surface area contributed by atoms with Crippen molar-refractivity contribution in [3.05, 3.63) is 11.6 Å². The van der Waals surface area contributed by atoms with Gasteiger partial charge in [0.25, 0.3) is 0 Å². The highest BCUT2D eigenvalue weighted by Crippen LogP contribution is 2.23. The topological polar surface area (TPSA) is 76.4 Å². The van der Waals surface area contributed by atoms with Crippen LogP contribution in [0.15, 0.2) is 4.99 Å². The Morgan fingerprint density at radius 1 is 1.36 bits per heavy atom. The number of fused-ring (bicyclic) bond motifs is 1. The number of hydrogen-bond acceptors (Lipinski definition) is 4. The van der Waals surface area contributed by atoms with E-state index in [-0.39, 0.29) is 5.60 Å². The van der Waals surface area contributed by atoms with Crippen LogP contribution in [0.4, 0.5) is 0 Å². The van der Waals surface area contributed by atoms with Gasteiger partial charge in [0.2, 0.25) is 0 Å². The third-order valence-corrected chi connectivity index (χ3v) is 4.34. The first-order valence-corrected chi connectivity index (χ1v) is 8.27. The molecule has 7 nitrogen and oxygen atoms in total. The molecule has 2 aliphatic heterocycles. The van der Waals surface area contributed by atoms with Crippen molar-refractivity contribution in [1.29, 1.82) is 0 Å². The number of rotatable bonds is 5. The van der Waals surface area contributed by atoms with Crippen LogP contribution in [0.3, 0.4) is 0 Å². The molecule has 122 valence electrons. The molecule has 1 saturated heterocycles. The molecule has 2 aliphatic rings. The van der Waals surface area contributed by atoms with Crippen molar-refractivity contribution in [1.82, 2.24) is 25.4 Å². The summed E-state index contributed by atoms with van der Waals surface area (Å²) in [5.41, 5.74) is -0.0771. The molecule has 7 heteroatoms. The number of ether oxygens (including phenoxy) is 1. The Morgan fingerprint density at radius 3 is 3.05 bits per heavy atom. The maximum atomic E-state index is 5.81. The number of nitrogens with zero attached hydrogens (tertiary/aromatic N) is 4. The Balaban J connectivity index is 1.60. The number of guanidine groups is 1. The van der Waals surface area contributed by atoms with Crippen molar-refractivity contribution in [2.45, 2.75) is 58.2 Å². The van der Waals surface area contributed by atoms with Gasteiger partial charge in [-0.25, -0.2) is 4.99 Å². The molecule has 0 aromatic carbocycles. The van der Waals surface area contributed by atoms with Gasteiger partial charge >= 0.3 is 0 Å². The molecule has 22 heavy (non-hydrogen) atoms. The number of nitrogens with one attached hydrogen (secondary N) is 2. The Bertz CT molecular complexity index is 532. The molecule has 1 fully saturated rings. The lowest BCUT2D eigenvalue weighted by Gasteiger charge is -2.24. The summed E-state index contributed by atoms with van der Waals surface area (Å²) in [5.74, 6) is 2.86. The summed E-state index contributed by atoms with van der Waals surface area (Å²) in [5, 5.41) is 15.1. The molecule has 1 unspecified atom stereocenters. The highest BCUT2D eigenvalue weighted by atomic mass is 16.5. The van der Waals surface area contributed by atoms with E-state index in [2.05, 4.69) is 44.2 Å². The quantitative estimate of drug-likeness (QED) is 0.623. The van der Waals surface area contributed by atoms with E-state index in [1.807, 2.05) is 0 Å². The largest absolute Gasteiger partial charge is 0.373 e. The zero-order valence-corrected chi connectivity index (χ0v) is 13.6. The SMILES string of the molecule is CCNC(=NCc1nnc2n1CCC2)NCC1(C)CCCO1. The number of hydrogen-bond donors (Lipinski definition) is 2. The third-order valence-electron chi connectivity index (χ3n) is 4.34. The van der Waals surface area contributed by atoms with E-state index in [4.69, 9.17) is 4.74 Å². The summed E-state index contributed by atoms with van der Waals surface area (Å²) < 4.78 is 8.00. The predicted molar refractivity (Wildman–Crippen MR) is 84.8 cm³/mol. The third kappa shape index (κ3) is 3.40. The van der Waals surface area contributed by atoms with Crippen LogP contribution in [-0.2, 0) is 24.2 Å². The van der Waals surface area contributed by atoms with Gasteiger partial charge < -0.3 is 19.9 Å². The molecular weight excluding hydrogens is 280 g/mol. The summed E-state index contributed by atoms with van der Waals surface area (Å²) in [4.78, 5) is 4.64. The van der Waals surface area contributed by atoms with Crippen molar-refractivity contribution < 1.29 is 4.74 Å². The summed E-state index contributed by atoms with van der Waals surface area (Å²) in [6.45, 7) is 8.26. The lowest BCUT2D eigenvalue weighted by atomic mass is 10.0. The van der Waals surface area contributed by atoms with Gasteiger partial charge in [-0.2, -0.15) is 0 Å². The standard InChI is InChI=1S/C15H26N6O/c1-3-16-14(18-11-15(2)7-5-9-22-15)17-10-13-20-19-12-6-4-8-21(12)13/h3-11H2,1-2H3,(H2,16,17,18). The second-order valence-corrected chi connectivity index (χ2v) is 6.24. The molecule has 3 rings (SSSR count). The van der Waals surface area contributed by atoms with Crippen LogP contribution in [-0.4, -0.2) is 46.0 Å². The molecule has 0 bridgehead atoms. The Kier molecular flexibility index (Phi) is 4.61. The molecule has 3 heterocycles. The van der Waals surface area contributed by atoms with E-state index in [1.54, 1.807) is 0 Å². The van der Waals surface area contributed by atoms with E-state index in [0.717, 1.165) is 69.5 Å². The number of aliphatic imine (C=N–C) groups is 1. The second-order valence-electron chi connectivity index (χ2n) is 6.24. The van der Waals surface area contributed by atoms with E-state index >= 15 is 0 Å². The predicted octanol–water partition coefficient (Wildman–Crippen LogP) is 0.848. The zero-order chi connectivity index (χ0) is 15.4. The maximum Gasteiger partial charge on any atom is 0.191 e. The molecule has 0 spiro atoms. The molecule has 0 amide bonds. The second kappa shape index (κ2) is 6.64. The Hall–Kier alpha value is -1.63. The van der Waals surface area contributed by atoms with E-state index in [1.165, 1.54) is 0 Å². The fraction of sp³-hybridized carbons (Fsp3) is 0.800. The molecular formula is C15H26N6O. The van der Waals surface area contributed by atoms with Crippen LogP contribution in [0, 0.1) is 0 Å². The van der Waals surface area contributed by atoms with Crippen molar-refractivity contribution >= 4 is 5.96 Å².